The first kappa shape index (κ1) is 16.7. The van der Waals surface area contributed by atoms with Crippen LogP contribution in [0.3, 0.4) is 0 Å². The molecule has 1 fully saturated rings. The third-order valence-corrected chi connectivity index (χ3v) is 5.84. The van der Waals surface area contributed by atoms with Gasteiger partial charge in [-0.25, -0.2) is 0 Å². The molecule has 0 saturated heterocycles. The van der Waals surface area contributed by atoms with Crippen LogP contribution in [0.4, 0.5) is 0 Å². The summed E-state index contributed by atoms with van der Waals surface area (Å²) in [6.45, 7) is 0. The van der Waals surface area contributed by atoms with E-state index in [9.17, 15) is 9.00 Å². The molecule has 2 aromatic rings. The van der Waals surface area contributed by atoms with Crippen molar-refractivity contribution in [3.8, 4) is 5.75 Å². The maximum atomic E-state index is 12.5. The van der Waals surface area contributed by atoms with Gasteiger partial charge in [0.15, 0.2) is 0 Å². The molecule has 2 aromatic carbocycles. The van der Waals surface area contributed by atoms with Gasteiger partial charge in [0, 0.05) is 0 Å². The van der Waals surface area contributed by atoms with Crippen molar-refractivity contribution in [3.63, 3.8) is 0 Å². The van der Waals surface area contributed by atoms with Gasteiger partial charge in [-0.3, -0.25) is 9.00 Å². The zero-order valence-corrected chi connectivity index (χ0v) is 14.5. The minimum atomic E-state index is -1.43. The molecule has 0 spiro atoms. The first-order valence-corrected chi connectivity index (χ1v) is 9.34. The molecule has 0 radical (unpaired) electrons. The fraction of sp³-hybridized carbons (Fsp3) is 0.316. The van der Waals surface area contributed by atoms with Gasteiger partial charge in [-0.15, -0.1) is 0 Å². The van der Waals surface area contributed by atoms with Crippen molar-refractivity contribution >= 4 is 16.7 Å². The van der Waals surface area contributed by atoms with Crippen LogP contribution in [-0.2, 0) is 21.1 Å². The molecule has 1 N–H and O–H groups in total. The van der Waals surface area contributed by atoms with Crippen LogP contribution in [0.5, 0.6) is 5.75 Å². The maximum Gasteiger partial charge on any atom is 0.233 e. The van der Waals surface area contributed by atoms with Crippen molar-refractivity contribution in [2.45, 2.75) is 29.7 Å². The molecule has 1 aliphatic rings. The summed E-state index contributed by atoms with van der Waals surface area (Å²) in [4.78, 5) is 13.0. The summed E-state index contributed by atoms with van der Waals surface area (Å²) in [5.41, 5.74) is 0.816. The molecular weight excluding hydrogens is 322 g/mol. The van der Waals surface area contributed by atoms with Gasteiger partial charge in [-0.1, -0.05) is 42.5 Å². The van der Waals surface area contributed by atoms with Crippen LogP contribution in [0.1, 0.15) is 24.8 Å². The number of hydrogen-bond donors (Lipinski definition) is 1. The summed E-state index contributed by atoms with van der Waals surface area (Å²) in [6.07, 6.45) is 2.93. The van der Waals surface area contributed by atoms with Gasteiger partial charge in [0.25, 0.3) is 0 Å². The highest BCUT2D eigenvalue weighted by Gasteiger charge is 2.40. The topological polar surface area (TPSA) is 55.4 Å². The van der Waals surface area contributed by atoms with Crippen LogP contribution in [-0.4, -0.2) is 23.0 Å². The number of amides is 1. The Morgan fingerprint density at radius 2 is 1.79 bits per heavy atom. The molecular formula is C19H21NO3S. The fourth-order valence-corrected chi connectivity index (χ4v) is 4.15. The summed E-state index contributed by atoms with van der Waals surface area (Å²) in [7, 11) is 0.106. The highest BCUT2D eigenvalue weighted by atomic mass is 32.2. The SMILES string of the molecule is COc1ccccc1[S@@](=O)CC(=O)NC1(c2ccccc2)CCC1. The van der Waals surface area contributed by atoms with E-state index in [4.69, 9.17) is 4.74 Å². The van der Waals surface area contributed by atoms with E-state index in [1.165, 1.54) is 7.11 Å². The van der Waals surface area contributed by atoms with Crippen LogP contribution in [0.15, 0.2) is 59.5 Å². The van der Waals surface area contributed by atoms with Crippen LogP contribution in [0.25, 0.3) is 0 Å². The number of carbonyl (C=O) groups is 1. The molecule has 0 aromatic heterocycles. The fourth-order valence-electron chi connectivity index (χ4n) is 3.08. The number of para-hydroxylation sites is 1. The lowest BCUT2D eigenvalue weighted by Crippen LogP contribution is -2.51. The minimum Gasteiger partial charge on any atom is -0.495 e. The summed E-state index contributed by atoms with van der Waals surface area (Å²) in [6, 6.07) is 17.1. The lowest BCUT2D eigenvalue weighted by atomic mass is 9.72. The smallest absolute Gasteiger partial charge is 0.233 e. The van der Waals surface area contributed by atoms with Crippen molar-refractivity contribution in [2.24, 2.45) is 0 Å². The van der Waals surface area contributed by atoms with Crippen LogP contribution < -0.4 is 10.1 Å². The average molecular weight is 343 g/mol. The zero-order chi connectivity index (χ0) is 17.0. The maximum absolute atomic E-state index is 12.5. The zero-order valence-electron chi connectivity index (χ0n) is 13.7. The lowest BCUT2D eigenvalue weighted by Gasteiger charge is -2.43. The number of carbonyl (C=O) groups excluding carboxylic acids is 1. The number of ether oxygens (including phenoxy) is 1. The second-order valence-corrected chi connectivity index (χ2v) is 7.41. The average Bonchev–Trinajstić information content (AvgIpc) is 2.58. The molecule has 1 amide bonds. The normalized spacial score (nSPS) is 16.7. The minimum absolute atomic E-state index is 0.0606. The molecule has 5 heteroatoms. The molecule has 1 aliphatic carbocycles. The Labute approximate surface area is 144 Å². The molecule has 1 atom stereocenters. The van der Waals surface area contributed by atoms with Crippen molar-refractivity contribution < 1.29 is 13.7 Å². The highest BCUT2D eigenvalue weighted by molar-refractivity contribution is 7.85. The molecule has 126 valence electrons. The molecule has 24 heavy (non-hydrogen) atoms. The predicted molar refractivity (Wildman–Crippen MR) is 94.4 cm³/mol. The van der Waals surface area contributed by atoms with Gasteiger partial charge in [-0.2, -0.15) is 0 Å². The van der Waals surface area contributed by atoms with Gasteiger partial charge < -0.3 is 10.1 Å². The van der Waals surface area contributed by atoms with E-state index < -0.39 is 10.8 Å². The second-order valence-electron chi connectivity index (χ2n) is 5.99. The standard InChI is InChI=1S/C19H21NO3S/c1-23-16-10-5-6-11-17(16)24(22)14-18(21)20-19(12-7-13-19)15-8-3-2-4-9-15/h2-6,8-11H,7,12-14H2,1H3,(H,20,21)/t24-/m0/s1. The summed E-state index contributed by atoms with van der Waals surface area (Å²) in [5.74, 6) is 0.294. The Balaban J connectivity index is 1.70. The van der Waals surface area contributed by atoms with Crippen molar-refractivity contribution in [1.29, 1.82) is 0 Å². The Kier molecular flexibility index (Phi) is 5.00. The van der Waals surface area contributed by atoms with Crippen molar-refractivity contribution in [1.82, 2.24) is 5.32 Å². The van der Waals surface area contributed by atoms with E-state index in [2.05, 4.69) is 5.32 Å². The third-order valence-electron chi connectivity index (χ3n) is 4.49. The molecule has 4 nitrogen and oxygen atoms in total. The van der Waals surface area contributed by atoms with Crippen LogP contribution in [0.2, 0.25) is 0 Å². The van der Waals surface area contributed by atoms with Crippen molar-refractivity contribution in [3.05, 3.63) is 60.2 Å². The predicted octanol–water partition coefficient (Wildman–Crippen LogP) is 3.00. The Hall–Kier alpha value is -2.14. The molecule has 0 heterocycles. The van der Waals surface area contributed by atoms with E-state index >= 15 is 0 Å². The number of nitrogens with one attached hydrogen (secondary N) is 1. The van der Waals surface area contributed by atoms with Gasteiger partial charge in [0.1, 0.15) is 11.5 Å². The van der Waals surface area contributed by atoms with E-state index in [1.807, 2.05) is 36.4 Å². The van der Waals surface area contributed by atoms with Crippen LogP contribution >= 0.6 is 0 Å². The first-order chi connectivity index (χ1) is 11.6. The Morgan fingerprint density at radius 3 is 2.42 bits per heavy atom. The van der Waals surface area contributed by atoms with E-state index in [1.54, 1.807) is 18.2 Å². The molecule has 0 unspecified atom stereocenters. The van der Waals surface area contributed by atoms with E-state index in [0.717, 1.165) is 24.8 Å². The van der Waals surface area contributed by atoms with Crippen LogP contribution in [0, 0.1) is 0 Å². The molecule has 3 rings (SSSR count). The molecule has 1 saturated carbocycles. The number of rotatable bonds is 6. The van der Waals surface area contributed by atoms with E-state index in [-0.39, 0.29) is 17.2 Å². The number of methoxy groups -OCH3 is 1. The van der Waals surface area contributed by atoms with E-state index in [0.29, 0.717) is 10.6 Å². The quantitative estimate of drug-likeness (QED) is 0.877. The second kappa shape index (κ2) is 7.18. The number of hydrogen-bond acceptors (Lipinski definition) is 3. The Morgan fingerprint density at radius 1 is 1.12 bits per heavy atom. The van der Waals surface area contributed by atoms with Gasteiger partial charge in [0.2, 0.25) is 5.91 Å². The van der Waals surface area contributed by atoms with Crippen molar-refractivity contribution in [2.75, 3.05) is 12.9 Å². The molecule has 0 bridgehead atoms. The van der Waals surface area contributed by atoms with Gasteiger partial charge in [-0.05, 0) is 37.0 Å². The van der Waals surface area contributed by atoms with Gasteiger partial charge >= 0.3 is 0 Å². The first-order valence-electron chi connectivity index (χ1n) is 8.02. The summed E-state index contributed by atoms with van der Waals surface area (Å²) >= 11 is 0. The largest absolute Gasteiger partial charge is 0.495 e. The highest BCUT2D eigenvalue weighted by Crippen LogP contribution is 2.41. The van der Waals surface area contributed by atoms with Gasteiger partial charge in [0.05, 0.1) is 28.3 Å². The monoisotopic (exact) mass is 343 g/mol. The summed E-state index contributed by atoms with van der Waals surface area (Å²) < 4.78 is 17.8. The third kappa shape index (κ3) is 3.36. The number of benzene rings is 2. The molecule has 0 aliphatic heterocycles. The Bertz CT molecular complexity index is 741. The summed E-state index contributed by atoms with van der Waals surface area (Å²) in [5, 5.41) is 3.11. The lowest BCUT2D eigenvalue weighted by molar-refractivity contribution is -0.121.